The van der Waals surface area contributed by atoms with E-state index < -0.39 is 11.0 Å². The van der Waals surface area contributed by atoms with Gasteiger partial charge >= 0.3 is 0 Å². The van der Waals surface area contributed by atoms with Crippen molar-refractivity contribution in [2.45, 2.75) is 45.6 Å². The predicted molar refractivity (Wildman–Crippen MR) is 57.8 cm³/mol. The Balaban J connectivity index is 2.23. The summed E-state index contributed by atoms with van der Waals surface area (Å²) in [6.45, 7) is 5.46. The lowest BCUT2D eigenvalue weighted by atomic mass is 9.77. The van der Waals surface area contributed by atoms with Crippen LogP contribution in [0.15, 0.2) is 4.52 Å². The fourth-order valence-corrected chi connectivity index (χ4v) is 1.62. The fourth-order valence-electron chi connectivity index (χ4n) is 1.62. The van der Waals surface area contributed by atoms with Crippen LogP contribution in [-0.2, 0) is 5.54 Å². The molecule has 5 nitrogen and oxygen atoms in total. The summed E-state index contributed by atoms with van der Waals surface area (Å²) in [6, 6.07) is 0. The molecule has 88 valence electrons. The van der Waals surface area contributed by atoms with Crippen LogP contribution in [0.3, 0.4) is 0 Å². The first-order valence-corrected chi connectivity index (χ1v) is 5.51. The predicted octanol–water partition coefficient (Wildman–Crippen LogP) is 1.64. The molecule has 1 aliphatic carbocycles. The number of carbonyl (C=O) groups excluding carboxylic acids is 1. The van der Waals surface area contributed by atoms with Crippen LogP contribution in [0.4, 0.5) is 0 Å². The highest BCUT2D eigenvalue weighted by Gasteiger charge is 2.40. The van der Waals surface area contributed by atoms with Crippen LogP contribution in [-0.4, -0.2) is 15.9 Å². The lowest BCUT2D eigenvalue weighted by molar-refractivity contribution is 0.0811. The maximum Gasteiger partial charge on any atom is 0.294 e. The van der Waals surface area contributed by atoms with Crippen molar-refractivity contribution in [1.82, 2.24) is 10.1 Å². The largest absolute Gasteiger partial charge is 0.331 e. The van der Waals surface area contributed by atoms with Crippen molar-refractivity contribution < 1.29 is 9.32 Å². The molecule has 0 radical (unpaired) electrons. The third kappa shape index (κ3) is 1.75. The molecule has 0 unspecified atom stereocenters. The standard InChI is InChI=1S/C11H17N3O2/c1-10(2,3)7(15)8-13-9(14-16-8)11(12)5-4-6-11/h4-6,12H2,1-3H3. The van der Waals surface area contributed by atoms with Crippen LogP contribution in [0.25, 0.3) is 0 Å². The molecule has 1 aromatic rings. The van der Waals surface area contributed by atoms with Crippen LogP contribution in [0, 0.1) is 5.41 Å². The molecule has 2 N–H and O–H groups in total. The third-order valence-corrected chi connectivity index (χ3v) is 2.99. The Morgan fingerprint density at radius 1 is 1.44 bits per heavy atom. The SMILES string of the molecule is CC(C)(C)C(=O)c1nc(C2(N)CCC2)no1. The molecule has 1 aliphatic rings. The van der Waals surface area contributed by atoms with E-state index in [-0.39, 0.29) is 11.7 Å². The summed E-state index contributed by atoms with van der Waals surface area (Å²) in [6.07, 6.45) is 2.79. The van der Waals surface area contributed by atoms with Crippen molar-refractivity contribution in [2.75, 3.05) is 0 Å². The van der Waals surface area contributed by atoms with Gasteiger partial charge in [-0.1, -0.05) is 25.9 Å². The molecule has 0 aliphatic heterocycles. The number of hydrogen-bond donors (Lipinski definition) is 1. The Morgan fingerprint density at radius 2 is 2.06 bits per heavy atom. The molecule has 2 rings (SSSR count). The number of nitrogens with zero attached hydrogens (tertiary/aromatic N) is 2. The Labute approximate surface area is 94.4 Å². The molecule has 0 amide bonds. The topological polar surface area (TPSA) is 82.0 Å². The first-order valence-electron chi connectivity index (χ1n) is 5.51. The van der Waals surface area contributed by atoms with Crippen LogP contribution < -0.4 is 5.73 Å². The van der Waals surface area contributed by atoms with Crippen molar-refractivity contribution >= 4 is 5.78 Å². The number of rotatable bonds is 2. The Hall–Kier alpha value is -1.23. The summed E-state index contributed by atoms with van der Waals surface area (Å²) in [5, 5.41) is 3.81. The van der Waals surface area contributed by atoms with Gasteiger partial charge in [-0.15, -0.1) is 0 Å². The van der Waals surface area contributed by atoms with E-state index in [4.69, 9.17) is 10.3 Å². The van der Waals surface area contributed by atoms with Crippen molar-refractivity contribution in [3.8, 4) is 0 Å². The molecule has 0 aromatic carbocycles. The van der Waals surface area contributed by atoms with Gasteiger partial charge in [-0.2, -0.15) is 4.98 Å². The van der Waals surface area contributed by atoms with Gasteiger partial charge in [-0.25, -0.2) is 0 Å². The zero-order chi connectivity index (χ0) is 12.0. The molecular weight excluding hydrogens is 206 g/mol. The Kier molecular flexibility index (Phi) is 2.38. The minimum atomic E-state index is -0.509. The quantitative estimate of drug-likeness (QED) is 0.770. The normalized spacial score (nSPS) is 19.2. The maximum absolute atomic E-state index is 11.9. The van der Waals surface area contributed by atoms with E-state index >= 15 is 0 Å². The van der Waals surface area contributed by atoms with E-state index in [1.165, 1.54) is 0 Å². The highest BCUT2D eigenvalue weighted by Crippen LogP contribution is 2.37. The molecule has 5 heteroatoms. The van der Waals surface area contributed by atoms with E-state index in [2.05, 4.69) is 10.1 Å². The van der Waals surface area contributed by atoms with Gasteiger partial charge in [0.25, 0.3) is 5.89 Å². The van der Waals surface area contributed by atoms with Crippen molar-refractivity contribution in [3.63, 3.8) is 0 Å². The first-order chi connectivity index (χ1) is 7.33. The molecule has 1 aromatic heterocycles. The van der Waals surface area contributed by atoms with Gasteiger partial charge in [0.1, 0.15) is 0 Å². The summed E-state index contributed by atoms with van der Waals surface area (Å²) < 4.78 is 4.98. The number of Topliss-reactive ketones (excluding diaryl/α,β-unsaturated/α-hetero) is 1. The van der Waals surface area contributed by atoms with Gasteiger partial charge in [-0.3, -0.25) is 4.79 Å². The van der Waals surface area contributed by atoms with E-state index in [1.54, 1.807) is 0 Å². The second-order valence-electron chi connectivity index (χ2n) is 5.51. The van der Waals surface area contributed by atoms with Crippen molar-refractivity contribution in [2.24, 2.45) is 11.1 Å². The van der Waals surface area contributed by atoms with Crippen molar-refractivity contribution in [1.29, 1.82) is 0 Å². The second-order valence-corrected chi connectivity index (χ2v) is 5.51. The maximum atomic E-state index is 11.9. The highest BCUT2D eigenvalue weighted by atomic mass is 16.5. The molecule has 0 atom stereocenters. The lowest BCUT2D eigenvalue weighted by Gasteiger charge is -2.34. The number of aromatic nitrogens is 2. The number of nitrogens with two attached hydrogens (primary N) is 1. The van der Waals surface area contributed by atoms with Crippen LogP contribution in [0.1, 0.15) is 56.5 Å². The van der Waals surface area contributed by atoms with E-state index in [1.807, 2.05) is 20.8 Å². The average Bonchev–Trinajstić information content (AvgIpc) is 2.60. The smallest absolute Gasteiger partial charge is 0.294 e. The summed E-state index contributed by atoms with van der Waals surface area (Å²) in [4.78, 5) is 16.0. The fraction of sp³-hybridized carbons (Fsp3) is 0.727. The molecule has 0 bridgehead atoms. The molecule has 1 heterocycles. The lowest BCUT2D eigenvalue weighted by Crippen LogP contribution is -2.44. The molecule has 1 fully saturated rings. The van der Waals surface area contributed by atoms with E-state index in [9.17, 15) is 4.79 Å². The summed E-state index contributed by atoms with van der Waals surface area (Å²) in [7, 11) is 0. The number of ketones is 1. The van der Waals surface area contributed by atoms with Crippen molar-refractivity contribution in [3.05, 3.63) is 11.7 Å². The average molecular weight is 223 g/mol. The molecule has 0 spiro atoms. The second kappa shape index (κ2) is 3.38. The third-order valence-electron chi connectivity index (χ3n) is 2.99. The zero-order valence-corrected chi connectivity index (χ0v) is 9.91. The van der Waals surface area contributed by atoms with Crippen LogP contribution >= 0.6 is 0 Å². The van der Waals surface area contributed by atoms with Gasteiger partial charge in [0.15, 0.2) is 5.82 Å². The van der Waals surface area contributed by atoms with Crippen LogP contribution in [0.5, 0.6) is 0 Å². The molecule has 1 saturated carbocycles. The van der Waals surface area contributed by atoms with E-state index in [0.717, 1.165) is 19.3 Å². The van der Waals surface area contributed by atoms with Gasteiger partial charge < -0.3 is 10.3 Å². The van der Waals surface area contributed by atoms with Gasteiger partial charge in [0.2, 0.25) is 5.78 Å². The Morgan fingerprint density at radius 3 is 2.50 bits per heavy atom. The van der Waals surface area contributed by atoms with Gasteiger partial charge in [0, 0.05) is 5.41 Å². The summed E-state index contributed by atoms with van der Waals surface area (Å²) in [5.74, 6) is 0.389. The number of carbonyl (C=O) groups is 1. The highest BCUT2D eigenvalue weighted by molar-refractivity contribution is 5.95. The minimum absolute atomic E-state index is 0.0687. The molecule has 16 heavy (non-hydrogen) atoms. The molecular formula is C11H17N3O2. The number of hydrogen-bond acceptors (Lipinski definition) is 5. The Bertz CT molecular complexity index is 413. The monoisotopic (exact) mass is 223 g/mol. The summed E-state index contributed by atoms with van der Waals surface area (Å²) >= 11 is 0. The first kappa shape index (κ1) is 11.3. The zero-order valence-electron chi connectivity index (χ0n) is 9.91. The van der Waals surface area contributed by atoms with Gasteiger partial charge in [0.05, 0.1) is 5.54 Å². The van der Waals surface area contributed by atoms with Crippen LogP contribution in [0.2, 0.25) is 0 Å². The van der Waals surface area contributed by atoms with Gasteiger partial charge in [-0.05, 0) is 19.3 Å². The molecule has 0 saturated heterocycles. The minimum Gasteiger partial charge on any atom is -0.331 e. The summed E-state index contributed by atoms with van der Waals surface area (Å²) in [5.41, 5.74) is 5.07. The van der Waals surface area contributed by atoms with E-state index in [0.29, 0.717) is 5.82 Å².